The van der Waals surface area contributed by atoms with Gasteiger partial charge in [-0.15, -0.1) is 0 Å². The zero-order chi connectivity index (χ0) is 13.0. The Labute approximate surface area is 112 Å². The van der Waals surface area contributed by atoms with Crippen LogP contribution in [0.25, 0.3) is 0 Å². The quantitative estimate of drug-likeness (QED) is 0.852. The van der Waals surface area contributed by atoms with Gasteiger partial charge < -0.3 is 15.0 Å². The number of morpholine rings is 1. The Balaban J connectivity index is 1.80. The minimum absolute atomic E-state index is 0.367. The summed E-state index contributed by atoms with van der Waals surface area (Å²) in [5.74, 6) is 0.765. The molecule has 2 rings (SSSR count). The molecule has 0 amide bonds. The molecule has 0 radical (unpaired) electrons. The first-order valence-corrected chi connectivity index (χ1v) is 7.00. The van der Waals surface area contributed by atoms with Crippen molar-refractivity contribution in [2.75, 3.05) is 57.2 Å². The number of nitrogens with zero attached hydrogens (tertiary/aromatic N) is 4. The second-order valence-corrected chi connectivity index (χ2v) is 5.50. The van der Waals surface area contributed by atoms with E-state index in [0.29, 0.717) is 6.04 Å². The van der Waals surface area contributed by atoms with E-state index in [1.165, 1.54) is 11.5 Å². The first kappa shape index (κ1) is 13.5. The zero-order valence-corrected chi connectivity index (χ0v) is 12.0. The Bertz CT molecular complexity index is 364. The van der Waals surface area contributed by atoms with E-state index in [9.17, 15) is 0 Å². The van der Waals surface area contributed by atoms with Gasteiger partial charge in [0.2, 0.25) is 11.1 Å². The number of rotatable bonds is 5. The van der Waals surface area contributed by atoms with Gasteiger partial charge in [0.25, 0.3) is 0 Å². The van der Waals surface area contributed by atoms with E-state index in [-0.39, 0.29) is 0 Å². The van der Waals surface area contributed by atoms with Crippen LogP contribution < -0.4 is 10.2 Å². The van der Waals surface area contributed by atoms with Crippen molar-refractivity contribution in [1.82, 2.24) is 14.3 Å². The van der Waals surface area contributed by atoms with Crippen molar-refractivity contribution in [3.05, 3.63) is 0 Å². The highest BCUT2D eigenvalue weighted by atomic mass is 32.1. The van der Waals surface area contributed by atoms with Crippen molar-refractivity contribution in [1.29, 1.82) is 0 Å². The van der Waals surface area contributed by atoms with E-state index in [1.54, 1.807) is 0 Å². The number of hydrogen-bond donors (Lipinski definition) is 1. The zero-order valence-electron chi connectivity index (χ0n) is 11.2. The van der Waals surface area contributed by atoms with Crippen LogP contribution in [0.5, 0.6) is 0 Å². The number of ether oxygens (including phenoxy) is 1. The van der Waals surface area contributed by atoms with Crippen LogP contribution in [0.15, 0.2) is 0 Å². The summed E-state index contributed by atoms with van der Waals surface area (Å²) >= 11 is 1.41. The highest BCUT2D eigenvalue weighted by Crippen LogP contribution is 2.17. The molecule has 1 fully saturated rings. The molecule has 1 aliphatic rings. The minimum Gasteiger partial charge on any atom is -0.379 e. The van der Waals surface area contributed by atoms with E-state index in [2.05, 4.69) is 26.5 Å². The Kier molecular flexibility index (Phi) is 4.73. The molecular formula is C11H21N5OS. The molecule has 0 saturated carbocycles. The van der Waals surface area contributed by atoms with Crippen LogP contribution in [-0.4, -0.2) is 67.2 Å². The van der Waals surface area contributed by atoms with E-state index < -0.39 is 0 Å². The molecule has 0 aliphatic carbocycles. The smallest absolute Gasteiger partial charge is 0.238 e. The third kappa shape index (κ3) is 3.79. The lowest BCUT2D eigenvalue weighted by Crippen LogP contribution is -2.42. The molecule has 0 aromatic carbocycles. The summed E-state index contributed by atoms with van der Waals surface area (Å²) in [5.41, 5.74) is 0. The van der Waals surface area contributed by atoms with Gasteiger partial charge in [0.05, 0.1) is 13.2 Å². The molecule has 0 bridgehead atoms. The second kappa shape index (κ2) is 6.31. The molecule has 18 heavy (non-hydrogen) atoms. The highest BCUT2D eigenvalue weighted by molar-refractivity contribution is 7.09. The average Bonchev–Trinajstić information content (AvgIpc) is 2.78. The molecule has 1 aromatic heterocycles. The molecule has 1 N–H and O–H groups in total. The monoisotopic (exact) mass is 271 g/mol. The topological polar surface area (TPSA) is 53.5 Å². The SMILES string of the molecule is CC(CN1CCOCC1)Nc1nc(N(C)C)ns1. The molecule has 0 spiro atoms. The third-order valence-corrected chi connectivity index (χ3v) is 3.46. The summed E-state index contributed by atoms with van der Waals surface area (Å²) in [6, 6.07) is 0.367. The van der Waals surface area contributed by atoms with Crippen LogP contribution >= 0.6 is 11.5 Å². The second-order valence-electron chi connectivity index (χ2n) is 4.75. The standard InChI is InChI=1S/C11H21N5OS/c1-9(8-16-4-6-17-7-5-16)12-11-13-10(14-18-11)15(2)3/h9H,4-8H2,1-3H3,(H,12,13,14). The van der Waals surface area contributed by atoms with Crippen LogP contribution in [0.2, 0.25) is 0 Å². The normalized spacial score (nSPS) is 18.6. The summed E-state index contributed by atoms with van der Waals surface area (Å²) in [6.07, 6.45) is 0. The maximum Gasteiger partial charge on any atom is 0.238 e. The molecular weight excluding hydrogens is 250 g/mol. The number of hydrogen-bond acceptors (Lipinski definition) is 7. The van der Waals surface area contributed by atoms with Crippen LogP contribution in [0, 0.1) is 0 Å². The van der Waals surface area contributed by atoms with Gasteiger partial charge in [-0.3, -0.25) is 4.90 Å². The molecule has 1 saturated heterocycles. The summed E-state index contributed by atoms with van der Waals surface area (Å²) in [4.78, 5) is 8.74. The summed E-state index contributed by atoms with van der Waals surface area (Å²) in [7, 11) is 3.89. The summed E-state index contributed by atoms with van der Waals surface area (Å²) in [6.45, 7) is 6.91. The van der Waals surface area contributed by atoms with Crippen LogP contribution in [-0.2, 0) is 4.74 Å². The summed E-state index contributed by atoms with van der Waals surface area (Å²) < 4.78 is 9.62. The Morgan fingerprint density at radius 3 is 2.78 bits per heavy atom. The lowest BCUT2D eigenvalue weighted by Gasteiger charge is -2.29. The molecule has 7 heteroatoms. The Hall–Kier alpha value is -0.920. The molecule has 102 valence electrons. The number of anilines is 2. The molecule has 1 aromatic rings. The fourth-order valence-electron chi connectivity index (χ4n) is 1.88. The van der Waals surface area contributed by atoms with E-state index in [4.69, 9.17) is 4.74 Å². The van der Waals surface area contributed by atoms with Crippen molar-refractivity contribution in [2.45, 2.75) is 13.0 Å². The van der Waals surface area contributed by atoms with E-state index in [0.717, 1.165) is 43.9 Å². The van der Waals surface area contributed by atoms with E-state index in [1.807, 2.05) is 19.0 Å². The lowest BCUT2D eigenvalue weighted by molar-refractivity contribution is 0.0368. The average molecular weight is 271 g/mol. The van der Waals surface area contributed by atoms with Crippen molar-refractivity contribution >= 4 is 22.6 Å². The van der Waals surface area contributed by atoms with Crippen molar-refractivity contribution in [2.24, 2.45) is 0 Å². The van der Waals surface area contributed by atoms with Crippen LogP contribution in [0.1, 0.15) is 6.92 Å². The van der Waals surface area contributed by atoms with Gasteiger partial charge in [-0.2, -0.15) is 9.36 Å². The van der Waals surface area contributed by atoms with E-state index >= 15 is 0 Å². The molecule has 6 nitrogen and oxygen atoms in total. The van der Waals surface area contributed by atoms with Gasteiger partial charge in [0.15, 0.2) is 0 Å². The molecule has 1 unspecified atom stereocenters. The van der Waals surface area contributed by atoms with Crippen LogP contribution in [0.4, 0.5) is 11.1 Å². The fourth-order valence-corrected chi connectivity index (χ4v) is 2.63. The molecule has 1 atom stereocenters. The van der Waals surface area contributed by atoms with Crippen molar-refractivity contribution in [3.63, 3.8) is 0 Å². The number of aromatic nitrogens is 2. The first-order valence-electron chi connectivity index (χ1n) is 6.23. The van der Waals surface area contributed by atoms with Gasteiger partial charge in [-0.25, -0.2) is 0 Å². The highest BCUT2D eigenvalue weighted by Gasteiger charge is 2.15. The molecule has 2 heterocycles. The van der Waals surface area contributed by atoms with Gasteiger partial charge in [-0.05, 0) is 6.92 Å². The maximum atomic E-state index is 5.34. The van der Waals surface area contributed by atoms with Gasteiger partial charge in [0, 0.05) is 51.3 Å². The fraction of sp³-hybridized carbons (Fsp3) is 0.818. The van der Waals surface area contributed by atoms with Crippen molar-refractivity contribution < 1.29 is 4.74 Å². The van der Waals surface area contributed by atoms with Gasteiger partial charge in [-0.1, -0.05) is 0 Å². The third-order valence-electron chi connectivity index (χ3n) is 2.82. The first-order chi connectivity index (χ1) is 8.65. The largest absolute Gasteiger partial charge is 0.379 e. The minimum atomic E-state index is 0.367. The Morgan fingerprint density at radius 1 is 1.44 bits per heavy atom. The predicted octanol–water partition coefficient (Wildman–Crippen LogP) is 0.737. The summed E-state index contributed by atoms with van der Waals surface area (Å²) in [5, 5.41) is 4.29. The molecule has 1 aliphatic heterocycles. The van der Waals surface area contributed by atoms with Crippen molar-refractivity contribution in [3.8, 4) is 0 Å². The Morgan fingerprint density at radius 2 is 2.17 bits per heavy atom. The van der Waals surface area contributed by atoms with Gasteiger partial charge >= 0.3 is 0 Å². The maximum absolute atomic E-state index is 5.34. The van der Waals surface area contributed by atoms with Crippen LogP contribution in [0.3, 0.4) is 0 Å². The number of nitrogens with one attached hydrogen (secondary N) is 1. The predicted molar refractivity (Wildman–Crippen MR) is 74.6 cm³/mol. The van der Waals surface area contributed by atoms with Gasteiger partial charge in [0.1, 0.15) is 0 Å². The lowest BCUT2D eigenvalue weighted by atomic mass is 10.3.